The second kappa shape index (κ2) is 6.34. The first-order valence-electron chi connectivity index (χ1n) is 7.86. The number of hydrogen-bond donors (Lipinski definition) is 0. The lowest BCUT2D eigenvalue weighted by atomic mass is 9.77. The predicted molar refractivity (Wildman–Crippen MR) is 82.7 cm³/mol. The van der Waals surface area contributed by atoms with Gasteiger partial charge in [-0.05, 0) is 48.5 Å². The lowest BCUT2D eigenvalue weighted by Gasteiger charge is -2.33. The lowest BCUT2D eigenvalue weighted by Crippen LogP contribution is -2.38. The molecule has 1 heterocycles. The van der Waals surface area contributed by atoms with E-state index in [4.69, 9.17) is 14.2 Å². The average molecular weight is 305 g/mol. The van der Waals surface area contributed by atoms with Crippen molar-refractivity contribution in [2.75, 3.05) is 13.9 Å². The van der Waals surface area contributed by atoms with E-state index >= 15 is 0 Å². The average Bonchev–Trinajstić information content (AvgIpc) is 3.10. The SMILES string of the molecule is COCOC(C)C1N=COC1C1=C2CC(=O)C=C2CC[C@@H]1C. The molecule has 4 atom stereocenters. The van der Waals surface area contributed by atoms with Crippen LogP contribution in [0.4, 0.5) is 0 Å². The number of rotatable bonds is 5. The van der Waals surface area contributed by atoms with Crippen LogP contribution < -0.4 is 0 Å². The summed E-state index contributed by atoms with van der Waals surface area (Å²) in [6, 6.07) is -0.0878. The Labute approximate surface area is 131 Å². The van der Waals surface area contributed by atoms with Crippen molar-refractivity contribution < 1.29 is 19.0 Å². The molecule has 0 aromatic carbocycles. The maximum atomic E-state index is 11.8. The molecule has 3 unspecified atom stereocenters. The molecule has 5 heteroatoms. The summed E-state index contributed by atoms with van der Waals surface area (Å²) in [4.78, 5) is 16.3. The van der Waals surface area contributed by atoms with Gasteiger partial charge in [-0.15, -0.1) is 0 Å². The smallest absolute Gasteiger partial charge is 0.170 e. The number of methoxy groups -OCH3 is 1. The van der Waals surface area contributed by atoms with E-state index in [-0.39, 0.29) is 30.8 Å². The van der Waals surface area contributed by atoms with Gasteiger partial charge in [0, 0.05) is 13.5 Å². The molecule has 0 saturated heterocycles. The topological polar surface area (TPSA) is 57.1 Å². The van der Waals surface area contributed by atoms with E-state index in [0.717, 1.165) is 12.8 Å². The van der Waals surface area contributed by atoms with E-state index in [1.807, 2.05) is 6.92 Å². The third kappa shape index (κ3) is 2.75. The fourth-order valence-corrected chi connectivity index (χ4v) is 3.64. The van der Waals surface area contributed by atoms with Crippen molar-refractivity contribution in [2.24, 2.45) is 10.9 Å². The van der Waals surface area contributed by atoms with E-state index < -0.39 is 0 Å². The summed E-state index contributed by atoms with van der Waals surface area (Å²) in [5, 5.41) is 0. The molecule has 3 aliphatic rings. The molecule has 22 heavy (non-hydrogen) atoms. The van der Waals surface area contributed by atoms with Gasteiger partial charge in [-0.3, -0.25) is 4.79 Å². The molecule has 0 aromatic heterocycles. The van der Waals surface area contributed by atoms with Crippen LogP contribution in [-0.4, -0.2) is 44.3 Å². The molecule has 120 valence electrons. The summed E-state index contributed by atoms with van der Waals surface area (Å²) < 4.78 is 16.4. The fraction of sp³-hybridized carbons (Fsp3) is 0.647. The normalized spacial score (nSPS) is 32.0. The minimum atomic E-state index is -0.133. The molecule has 5 nitrogen and oxygen atoms in total. The molecular formula is C17H23NO4. The molecule has 0 aromatic rings. The Morgan fingerprint density at radius 3 is 3.09 bits per heavy atom. The highest BCUT2D eigenvalue weighted by molar-refractivity contribution is 5.97. The predicted octanol–water partition coefficient (Wildman–Crippen LogP) is 2.42. The molecule has 1 aliphatic heterocycles. The molecule has 0 spiro atoms. The largest absolute Gasteiger partial charge is 0.474 e. The number of ether oxygens (including phenoxy) is 3. The van der Waals surface area contributed by atoms with Crippen molar-refractivity contribution in [1.82, 2.24) is 0 Å². The molecule has 0 bridgehead atoms. The lowest BCUT2D eigenvalue weighted by molar-refractivity contribution is -0.113. The van der Waals surface area contributed by atoms with Gasteiger partial charge < -0.3 is 14.2 Å². The van der Waals surface area contributed by atoms with Crippen LogP contribution >= 0.6 is 0 Å². The monoisotopic (exact) mass is 305 g/mol. The number of fused-ring (bicyclic) bond motifs is 1. The van der Waals surface area contributed by atoms with Crippen LogP contribution in [0.3, 0.4) is 0 Å². The van der Waals surface area contributed by atoms with Crippen LogP contribution in [0.5, 0.6) is 0 Å². The zero-order chi connectivity index (χ0) is 15.7. The Hall–Kier alpha value is -1.46. The number of nitrogens with zero attached hydrogens (tertiary/aromatic N) is 1. The summed E-state index contributed by atoms with van der Waals surface area (Å²) in [6.45, 7) is 4.43. The number of carbonyl (C=O) groups is 1. The van der Waals surface area contributed by atoms with E-state index in [1.165, 1.54) is 23.1 Å². The fourth-order valence-electron chi connectivity index (χ4n) is 3.64. The van der Waals surface area contributed by atoms with Crippen LogP contribution in [-0.2, 0) is 19.0 Å². The number of ketones is 1. The summed E-state index contributed by atoms with van der Waals surface area (Å²) in [7, 11) is 1.60. The van der Waals surface area contributed by atoms with Crippen molar-refractivity contribution in [3.63, 3.8) is 0 Å². The van der Waals surface area contributed by atoms with Gasteiger partial charge >= 0.3 is 0 Å². The molecule has 0 saturated carbocycles. The Balaban J connectivity index is 1.87. The van der Waals surface area contributed by atoms with Crippen LogP contribution in [0.25, 0.3) is 0 Å². The third-order valence-corrected chi connectivity index (χ3v) is 4.79. The first-order valence-corrected chi connectivity index (χ1v) is 7.86. The molecule has 3 rings (SSSR count). The standard InChI is InChI=1S/C17H23NO4/c1-10-4-5-12-6-13(19)7-14(12)15(10)17-16(18-8-21-17)11(2)22-9-20-3/h6,8,10-11,16-17H,4-5,7,9H2,1-3H3/t10-,11?,16?,17?/m0/s1. The van der Waals surface area contributed by atoms with E-state index in [1.54, 1.807) is 13.2 Å². The molecule has 0 N–H and O–H groups in total. The Kier molecular flexibility index (Phi) is 4.45. The molecule has 0 amide bonds. The molecular weight excluding hydrogens is 282 g/mol. The van der Waals surface area contributed by atoms with Crippen molar-refractivity contribution in [3.8, 4) is 0 Å². The molecule has 0 fully saturated rings. The molecule has 2 aliphatic carbocycles. The van der Waals surface area contributed by atoms with Crippen LogP contribution in [0, 0.1) is 5.92 Å². The van der Waals surface area contributed by atoms with Gasteiger partial charge in [-0.25, -0.2) is 4.99 Å². The highest BCUT2D eigenvalue weighted by Crippen LogP contribution is 2.43. The van der Waals surface area contributed by atoms with Gasteiger partial charge in [0.15, 0.2) is 12.2 Å². The summed E-state index contributed by atoms with van der Waals surface area (Å²) in [5.74, 6) is 0.609. The zero-order valence-corrected chi connectivity index (χ0v) is 13.4. The van der Waals surface area contributed by atoms with Crippen molar-refractivity contribution in [1.29, 1.82) is 0 Å². The Bertz CT molecular complexity index is 549. The van der Waals surface area contributed by atoms with Gasteiger partial charge in [0.25, 0.3) is 0 Å². The summed E-state index contributed by atoms with van der Waals surface area (Å²) in [5.41, 5.74) is 3.61. The van der Waals surface area contributed by atoms with E-state index in [2.05, 4.69) is 11.9 Å². The summed E-state index contributed by atoms with van der Waals surface area (Å²) in [6.07, 6.45) is 5.64. The van der Waals surface area contributed by atoms with Crippen molar-refractivity contribution in [2.45, 2.75) is 51.4 Å². The number of hydrogen-bond acceptors (Lipinski definition) is 5. The molecule has 0 radical (unpaired) electrons. The second-order valence-electron chi connectivity index (χ2n) is 6.27. The number of carbonyl (C=O) groups excluding carboxylic acids is 1. The minimum absolute atomic E-state index is 0.0878. The quantitative estimate of drug-likeness (QED) is 0.732. The van der Waals surface area contributed by atoms with Gasteiger partial charge in [-0.1, -0.05) is 6.92 Å². The minimum Gasteiger partial charge on any atom is -0.474 e. The number of allylic oxidation sites excluding steroid dienone is 3. The Morgan fingerprint density at radius 1 is 1.50 bits per heavy atom. The summed E-state index contributed by atoms with van der Waals surface area (Å²) >= 11 is 0. The van der Waals surface area contributed by atoms with Crippen LogP contribution in [0.1, 0.15) is 33.1 Å². The highest BCUT2D eigenvalue weighted by Gasteiger charge is 2.41. The third-order valence-electron chi connectivity index (χ3n) is 4.79. The van der Waals surface area contributed by atoms with Crippen molar-refractivity contribution in [3.05, 3.63) is 22.8 Å². The zero-order valence-electron chi connectivity index (χ0n) is 13.4. The highest BCUT2D eigenvalue weighted by atomic mass is 16.7. The van der Waals surface area contributed by atoms with Crippen LogP contribution in [0.15, 0.2) is 27.8 Å². The van der Waals surface area contributed by atoms with Gasteiger partial charge in [0.1, 0.15) is 18.9 Å². The number of aliphatic imine (C=N–C) groups is 1. The van der Waals surface area contributed by atoms with Gasteiger partial charge in [0.2, 0.25) is 0 Å². The first kappa shape index (κ1) is 15.4. The van der Waals surface area contributed by atoms with Crippen molar-refractivity contribution >= 4 is 12.2 Å². The maximum Gasteiger partial charge on any atom is 0.170 e. The maximum absolute atomic E-state index is 11.8. The first-order chi connectivity index (χ1) is 10.6. The van der Waals surface area contributed by atoms with E-state index in [9.17, 15) is 4.79 Å². The van der Waals surface area contributed by atoms with E-state index in [0.29, 0.717) is 12.3 Å². The van der Waals surface area contributed by atoms with Gasteiger partial charge in [-0.2, -0.15) is 0 Å². The Morgan fingerprint density at radius 2 is 2.32 bits per heavy atom. The van der Waals surface area contributed by atoms with Gasteiger partial charge in [0.05, 0.1) is 6.10 Å². The second-order valence-corrected chi connectivity index (χ2v) is 6.27. The van der Waals surface area contributed by atoms with Crippen LogP contribution in [0.2, 0.25) is 0 Å².